The van der Waals surface area contributed by atoms with E-state index in [2.05, 4.69) is 20.3 Å². The van der Waals surface area contributed by atoms with Crippen LogP contribution in [0, 0.1) is 6.92 Å². The fourth-order valence-corrected chi connectivity index (χ4v) is 2.98. The van der Waals surface area contributed by atoms with Crippen LogP contribution >= 0.6 is 0 Å². The summed E-state index contributed by atoms with van der Waals surface area (Å²) in [6.07, 6.45) is 0. The molecule has 8 nitrogen and oxygen atoms in total. The first-order chi connectivity index (χ1) is 13.0. The van der Waals surface area contributed by atoms with Gasteiger partial charge in [0.2, 0.25) is 5.88 Å². The Kier molecular flexibility index (Phi) is 3.80. The highest BCUT2D eigenvalue weighted by Crippen LogP contribution is 2.36. The van der Waals surface area contributed by atoms with Gasteiger partial charge in [-0.25, -0.2) is 4.68 Å². The predicted molar refractivity (Wildman–Crippen MR) is 101 cm³/mol. The van der Waals surface area contributed by atoms with Crippen molar-refractivity contribution in [3.63, 3.8) is 0 Å². The molecule has 8 heteroatoms. The molecule has 4 rings (SSSR count). The van der Waals surface area contributed by atoms with Crippen LogP contribution in [0.15, 0.2) is 57.5 Å². The molecule has 0 aliphatic heterocycles. The number of nitrogens with zero attached hydrogens (tertiary/aromatic N) is 4. The smallest absolute Gasteiger partial charge is 0.316 e. The number of aryl methyl sites for hydroxylation is 2. The van der Waals surface area contributed by atoms with E-state index >= 15 is 0 Å². The van der Waals surface area contributed by atoms with Gasteiger partial charge in [-0.15, -0.1) is 10.2 Å². The average molecular weight is 361 g/mol. The SMILES string of the molecule is Cc1ccc2[nH]c(O)c(N=NC(=O)c3nn(C)c(=O)c4ccccc34)c2c1. The summed E-state index contributed by atoms with van der Waals surface area (Å²) in [6, 6.07) is 12.2. The van der Waals surface area contributed by atoms with Crippen LogP contribution in [0.4, 0.5) is 5.69 Å². The summed E-state index contributed by atoms with van der Waals surface area (Å²) in [5.41, 5.74) is 1.56. The Morgan fingerprint density at radius 1 is 1.15 bits per heavy atom. The molecular formula is C19H15N5O3. The summed E-state index contributed by atoms with van der Waals surface area (Å²) in [5.74, 6) is -0.881. The third kappa shape index (κ3) is 2.77. The third-order valence-electron chi connectivity index (χ3n) is 4.31. The van der Waals surface area contributed by atoms with Gasteiger partial charge in [-0.2, -0.15) is 5.10 Å². The van der Waals surface area contributed by atoms with Crippen molar-refractivity contribution in [3.8, 4) is 5.88 Å². The first-order valence-corrected chi connectivity index (χ1v) is 8.19. The van der Waals surface area contributed by atoms with Gasteiger partial charge >= 0.3 is 5.91 Å². The third-order valence-corrected chi connectivity index (χ3v) is 4.31. The Labute approximate surface area is 152 Å². The minimum absolute atomic E-state index is 0.0203. The summed E-state index contributed by atoms with van der Waals surface area (Å²) in [7, 11) is 1.47. The number of aromatic amines is 1. The van der Waals surface area contributed by atoms with E-state index in [1.54, 1.807) is 24.3 Å². The van der Waals surface area contributed by atoms with Crippen LogP contribution in [0.2, 0.25) is 0 Å². The van der Waals surface area contributed by atoms with Crippen molar-refractivity contribution in [1.82, 2.24) is 14.8 Å². The number of nitrogens with one attached hydrogen (secondary N) is 1. The van der Waals surface area contributed by atoms with Gasteiger partial charge in [0.05, 0.1) is 10.9 Å². The fourth-order valence-electron chi connectivity index (χ4n) is 2.98. The number of amides is 1. The average Bonchev–Trinajstić information content (AvgIpc) is 2.97. The first-order valence-electron chi connectivity index (χ1n) is 8.19. The minimum Gasteiger partial charge on any atom is -0.493 e. The van der Waals surface area contributed by atoms with Crippen molar-refractivity contribution >= 4 is 33.3 Å². The van der Waals surface area contributed by atoms with E-state index in [1.165, 1.54) is 7.05 Å². The number of carbonyl (C=O) groups excluding carboxylic acids is 1. The van der Waals surface area contributed by atoms with Crippen molar-refractivity contribution in [2.75, 3.05) is 0 Å². The molecule has 134 valence electrons. The second kappa shape index (κ2) is 6.17. The van der Waals surface area contributed by atoms with E-state index in [4.69, 9.17) is 0 Å². The molecule has 0 saturated carbocycles. The maximum atomic E-state index is 12.6. The molecule has 0 atom stereocenters. The molecular weight excluding hydrogens is 346 g/mol. The van der Waals surface area contributed by atoms with Gasteiger partial charge < -0.3 is 10.1 Å². The lowest BCUT2D eigenvalue weighted by Crippen LogP contribution is -2.22. The lowest BCUT2D eigenvalue weighted by Gasteiger charge is -2.04. The van der Waals surface area contributed by atoms with Gasteiger partial charge in [0, 0.05) is 17.8 Å². The molecule has 0 radical (unpaired) electrons. The van der Waals surface area contributed by atoms with Gasteiger partial charge in [-0.1, -0.05) is 29.8 Å². The zero-order chi connectivity index (χ0) is 19.1. The summed E-state index contributed by atoms with van der Waals surface area (Å²) in [5, 5.41) is 23.2. The molecule has 0 saturated heterocycles. The number of hydrogen-bond acceptors (Lipinski definition) is 5. The van der Waals surface area contributed by atoms with E-state index in [9.17, 15) is 14.7 Å². The molecule has 0 unspecified atom stereocenters. The molecule has 0 spiro atoms. The van der Waals surface area contributed by atoms with Crippen molar-refractivity contribution in [2.24, 2.45) is 17.3 Å². The summed E-state index contributed by atoms with van der Waals surface area (Å²) in [6.45, 7) is 1.91. The molecule has 1 amide bonds. The number of fused-ring (bicyclic) bond motifs is 2. The number of aromatic nitrogens is 3. The predicted octanol–water partition coefficient (Wildman–Crippen LogP) is 3.35. The van der Waals surface area contributed by atoms with E-state index in [0.29, 0.717) is 21.7 Å². The number of rotatable bonds is 2. The molecule has 0 fully saturated rings. The summed E-state index contributed by atoms with van der Waals surface area (Å²) in [4.78, 5) is 27.6. The normalized spacial score (nSPS) is 11.6. The first kappa shape index (κ1) is 16.6. The Morgan fingerprint density at radius 3 is 2.67 bits per heavy atom. The Hall–Kier alpha value is -3.81. The summed E-state index contributed by atoms with van der Waals surface area (Å²) < 4.78 is 1.09. The minimum atomic E-state index is -0.705. The molecule has 0 bridgehead atoms. The van der Waals surface area contributed by atoms with E-state index < -0.39 is 5.91 Å². The summed E-state index contributed by atoms with van der Waals surface area (Å²) >= 11 is 0. The van der Waals surface area contributed by atoms with Crippen molar-refractivity contribution in [2.45, 2.75) is 6.92 Å². The lowest BCUT2D eigenvalue weighted by atomic mass is 10.1. The van der Waals surface area contributed by atoms with Gasteiger partial charge in [-0.05, 0) is 25.1 Å². The molecule has 27 heavy (non-hydrogen) atoms. The maximum absolute atomic E-state index is 12.6. The number of azo groups is 1. The van der Waals surface area contributed by atoms with E-state index in [1.807, 2.05) is 25.1 Å². The van der Waals surface area contributed by atoms with Crippen molar-refractivity contribution in [1.29, 1.82) is 0 Å². The van der Waals surface area contributed by atoms with Crippen LogP contribution in [-0.4, -0.2) is 25.8 Å². The Morgan fingerprint density at radius 2 is 1.89 bits per heavy atom. The number of aromatic hydroxyl groups is 1. The monoisotopic (exact) mass is 361 g/mol. The van der Waals surface area contributed by atoms with Gasteiger partial charge in [0.1, 0.15) is 0 Å². The van der Waals surface area contributed by atoms with Crippen LogP contribution in [-0.2, 0) is 7.05 Å². The fraction of sp³-hybridized carbons (Fsp3) is 0.105. The van der Waals surface area contributed by atoms with Gasteiger partial charge in [-0.3, -0.25) is 9.59 Å². The molecule has 2 aromatic carbocycles. The topological polar surface area (TPSA) is 113 Å². The highest BCUT2D eigenvalue weighted by molar-refractivity contribution is 6.05. The quantitative estimate of drug-likeness (QED) is 0.533. The Balaban J connectivity index is 1.81. The zero-order valence-corrected chi connectivity index (χ0v) is 14.6. The number of carbonyl (C=O) groups is 1. The van der Waals surface area contributed by atoms with Gasteiger partial charge in [0.25, 0.3) is 5.56 Å². The van der Waals surface area contributed by atoms with Gasteiger partial charge in [0.15, 0.2) is 11.4 Å². The van der Waals surface area contributed by atoms with Crippen molar-refractivity contribution < 1.29 is 9.90 Å². The highest BCUT2D eigenvalue weighted by atomic mass is 16.3. The van der Waals surface area contributed by atoms with Crippen LogP contribution < -0.4 is 5.56 Å². The molecule has 0 aliphatic carbocycles. The highest BCUT2D eigenvalue weighted by Gasteiger charge is 2.16. The molecule has 4 aromatic rings. The van der Waals surface area contributed by atoms with Crippen LogP contribution in [0.1, 0.15) is 16.1 Å². The zero-order valence-electron chi connectivity index (χ0n) is 14.6. The van der Waals surface area contributed by atoms with Crippen LogP contribution in [0.3, 0.4) is 0 Å². The molecule has 2 N–H and O–H groups in total. The number of benzene rings is 2. The second-order valence-corrected chi connectivity index (χ2v) is 6.20. The lowest BCUT2D eigenvalue weighted by molar-refractivity contribution is 0.0990. The largest absolute Gasteiger partial charge is 0.493 e. The number of hydrogen-bond donors (Lipinski definition) is 2. The maximum Gasteiger partial charge on any atom is 0.316 e. The molecule has 2 aromatic heterocycles. The van der Waals surface area contributed by atoms with Crippen molar-refractivity contribution in [3.05, 3.63) is 64.1 Å². The second-order valence-electron chi connectivity index (χ2n) is 6.20. The van der Waals surface area contributed by atoms with Crippen LogP contribution in [0.25, 0.3) is 21.7 Å². The van der Waals surface area contributed by atoms with Crippen LogP contribution in [0.5, 0.6) is 5.88 Å². The standard InChI is InChI=1S/C19H15N5O3/c1-10-7-8-14-13(9-10)15(17(25)20-14)21-22-18(26)16-11-5-3-4-6-12(11)19(27)24(2)23-16/h3-9,20,25H,1-2H3. The van der Waals surface area contributed by atoms with E-state index in [-0.39, 0.29) is 22.8 Å². The molecule has 2 heterocycles. The Bertz CT molecular complexity index is 1300. The number of H-pyrrole nitrogens is 1. The molecule has 0 aliphatic rings. The van der Waals surface area contributed by atoms with E-state index in [0.717, 1.165) is 10.2 Å².